The maximum atomic E-state index is 12.9. The molecule has 3 aromatic rings. The highest BCUT2D eigenvalue weighted by atomic mass is 19.1. The molecule has 0 aliphatic rings. The van der Waals surface area contributed by atoms with Gasteiger partial charge in [0.1, 0.15) is 12.4 Å². The molecule has 0 saturated carbocycles. The SMILES string of the molecule is Cc1cccc(CNC(=O)c2ccc(=O)n(CC(=O)NCc3ccc(F)cc3)c2)n1. The third-order valence-corrected chi connectivity index (χ3v) is 4.34. The minimum absolute atomic E-state index is 0.206. The summed E-state index contributed by atoms with van der Waals surface area (Å²) in [5.74, 6) is -1.13. The molecular weight excluding hydrogens is 387 g/mol. The van der Waals surface area contributed by atoms with Gasteiger partial charge in [0, 0.05) is 24.5 Å². The highest BCUT2D eigenvalue weighted by Crippen LogP contribution is 2.03. The van der Waals surface area contributed by atoms with Gasteiger partial charge in [-0.2, -0.15) is 0 Å². The molecule has 2 amide bonds. The molecule has 2 N–H and O–H groups in total. The average Bonchev–Trinajstić information content (AvgIpc) is 2.73. The molecule has 30 heavy (non-hydrogen) atoms. The van der Waals surface area contributed by atoms with Gasteiger partial charge in [0.05, 0.1) is 17.8 Å². The summed E-state index contributed by atoms with van der Waals surface area (Å²) >= 11 is 0. The Kier molecular flexibility index (Phi) is 6.69. The Hall–Kier alpha value is -3.81. The summed E-state index contributed by atoms with van der Waals surface area (Å²) in [5, 5.41) is 5.41. The summed E-state index contributed by atoms with van der Waals surface area (Å²) in [6, 6.07) is 13.9. The number of nitrogens with zero attached hydrogens (tertiary/aromatic N) is 2. The fourth-order valence-corrected chi connectivity index (χ4v) is 2.77. The van der Waals surface area contributed by atoms with Crippen molar-refractivity contribution in [3.8, 4) is 0 Å². The number of aryl methyl sites for hydroxylation is 1. The van der Waals surface area contributed by atoms with Gasteiger partial charge >= 0.3 is 0 Å². The van der Waals surface area contributed by atoms with Gasteiger partial charge < -0.3 is 15.2 Å². The van der Waals surface area contributed by atoms with Gasteiger partial charge in [0.25, 0.3) is 11.5 Å². The van der Waals surface area contributed by atoms with Gasteiger partial charge in [-0.25, -0.2) is 4.39 Å². The van der Waals surface area contributed by atoms with Gasteiger partial charge in [0.15, 0.2) is 0 Å². The Bertz CT molecular complexity index is 1110. The molecule has 0 fully saturated rings. The second-order valence-electron chi connectivity index (χ2n) is 6.74. The first kappa shape index (κ1) is 20.9. The van der Waals surface area contributed by atoms with E-state index in [9.17, 15) is 18.8 Å². The van der Waals surface area contributed by atoms with Crippen molar-refractivity contribution in [2.45, 2.75) is 26.6 Å². The van der Waals surface area contributed by atoms with E-state index in [-0.39, 0.29) is 36.9 Å². The molecule has 1 aromatic carbocycles. The molecule has 2 aromatic heterocycles. The van der Waals surface area contributed by atoms with Crippen LogP contribution >= 0.6 is 0 Å². The van der Waals surface area contributed by atoms with E-state index in [0.29, 0.717) is 0 Å². The standard InChI is InChI=1S/C22H21FN4O3/c1-15-3-2-4-19(26-15)12-25-22(30)17-7-10-21(29)27(13-17)14-20(28)24-11-16-5-8-18(23)9-6-16/h2-10,13H,11-12,14H2,1H3,(H,24,28)(H,25,30). The van der Waals surface area contributed by atoms with Crippen molar-refractivity contribution >= 4 is 11.8 Å². The summed E-state index contributed by atoms with van der Waals surface area (Å²) < 4.78 is 14.1. The normalized spacial score (nSPS) is 10.5. The van der Waals surface area contributed by atoms with Crippen LogP contribution in [0.1, 0.15) is 27.3 Å². The van der Waals surface area contributed by atoms with Crippen LogP contribution in [0.3, 0.4) is 0 Å². The van der Waals surface area contributed by atoms with Crippen LogP contribution in [0.15, 0.2) is 65.6 Å². The lowest BCUT2D eigenvalue weighted by atomic mass is 10.2. The van der Waals surface area contributed by atoms with Gasteiger partial charge in [-0.3, -0.25) is 19.4 Å². The Labute approximate surface area is 172 Å². The van der Waals surface area contributed by atoms with Gasteiger partial charge in [-0.1, -0.05) is 18.2 Å². The van der Waals surface area contributed by atoms with Crippen molar-refractivity contribution in [1.29, 1.82) is 0 Å². The molecule has 3 rings (SSSR count). The lowest BCUT2D eigenvalue weighted by Gasteiger charge is -2.10. The summed E-state index contributed by atoms with van der Waals surface area (Å²) in [7, 11) is 0. The molecule has 7 nitrogen and oxygen atoms in total. The van der Waals surface area contributed by atoms with Crippen LogP contribution < -0.4 is 16.2 Å². The predicted octanol–water partition coefficient (Wildman–Crippen LogP) is 1.94. The van der Waals surface area contributed by atoms with Crippen molar-refractivity contribution in [3.63, 3.8) is 0 Å². The molecule has 0 atom stereocenters. The van der Waals surface area contributed by atoms with E-state index in [4.69, 9.17) is 0 Å². The topological polar surface area (TPSA) is 93.1 Å². The second-order valence-corrected chi connectivity index (χ2v) is 6.74. The molecule has 0 unspecified atom stereocenters. The maximum absolute atomic E-state index is 12.9. The quantitative estimate of drug-likeness (QED) is 0.625. The number of hydrogen-bond acceptors (Lipinski definition) is 4. The summed E-state index contributed by atoms with van der Waals surface area (Å²) in [6.45, 7) is 2.08. The molecule has 2 heterocycles. The number of carbonyl (C=O) groups excluding carboxylic acids is 2. The van der Waals surface area contributed by atoms with E-state index < -0.39 is 11.5 Å². The number of carbonyl (C=O) groups is 2. The zero-order valence-electron chi connectivity index (χ0n) is 16.4. The van der Waals surface area contributed by atoms with Crippen molar-refractivity contribution in [2.24, 2.45) is 0 Å². The summed E-state index contributed by atoms with van der Waals surface area (Å²) in [5.41, 5.74) is 2.16. The number of aromatic nitrogens is 2. The Balaban J connectivity index is 1.59. The fourth-order valence-electron chi connectivity index (χ4n) is 2.77. The molecule has 0 bridgehead atoms. The molecule has 0 radical (unpaired) electrons. The smallest absolute Gasteiger partial charge is 0.253 e. The van der Waals surface area contributed by atoms with Crippen LogP contribution in [0.5, 0.6) is 0 Å². The van der Waals surface area contributed by atoms with Crippen molar-refractivity contribution in [2.75, 3.05) is 0 Å². The molecule has 0 aliphatic heterocycles. The van der Waals surface area contributed by atoms with Crippen LogP contribution in [0.4, 0.5) is 4.39 Å². The lowest BCUT2D eigenvalue weighted by molar-refractivity contribution is -0.121. The zero-order valence-corrected chi connectivity index (χ0v) is 16.4. The predicted molar refractivity (Wildman–Crippen MR) is 109 cm³/mol. The number of benzene rings is 1. The molecule has 8 heteroatoms. The third kappa shape index (κ3) is 5.84. The number of pyridine rings is 2. The van der Waals surface area contributed by atoms with Gasteiger partial charge in [-0.15, -0.1) is 0 Å². The van der Waals surface area contributed by atoms with E-state index in [1.807, 2.05) is 19.1 Å². The van der Waals surface area contributed by atoms with Crippen LogP contribution in [0, 0.1) is 12.7 Å². The molecular formula is C22H21FN4O3. The van der Waals surface area contributed by atoms with E-state index in [0.717, 1.165) is 17.0 Å². The van der Waals surface area contributed by atoms with E-state index in [1.165, 1.54) is 35.0 Å². The number of rotatable bonds is 7. The van der Waals surface area contributed by atoms with Gasteiger partial charge in [0.2, 0.25) is 5.91 Å². The number of amides is 2. The first-order valence-corrected chi connectivity index (χ1v) is 9.33. The van der Waals surface area contributed by atoms with Crippen molar-refractivity contribution in [3.05, 3.63) is 99.5 Å². The Morgan fingerprint density at radius 2 is 1.77 bits per heavy atom. The number of halogens is 1. The molecule has 0 saturated heterocycles. The zero-order chi connectivity index (χ0) is 21.5. The van der Waals surface area contributed by atoms with E-state index in [2.05, 4.69) is 15.6 Å². The fraction of sp³-hybridized carbons (Fsp3) is 0.182. The second kappa shape index (κ2) is 9.60. The Morgan fingerprint density at radius 1 is 1.00 bits per heavy atom. The first-order valence-electron chi connectivity index (χ1n) is 9.33. The van der Waals surface area contributed by atoms with E-state index in [1.54, 1.807) is 18.2 Å². The Morgan fingerprint density at radius 3 is 2.50 bits per heavy atom. The highest BCUT2D eigenvalue weighted by molar-refractivity contribution is 5.93. The summed E-state index contributed by atoms with van der Waals surface area (Å²) in [4.78, 5) is 41.0. The number of nitrogens with one attached hydrogen (secondary N) is 2. The minimum atomic E-state index is -0.400. The third-order valence-electron chi connectivity index (χ3n) is 4.34. The van der Waals surface area contributed by atoms with Crippen LogP contribution in [-0.2, 0) is 24.4 Å². The molecule has 0 spiro atoms. The largest absolute Gasteiger partial charge is 0.350 e. The molecule has 154 valence electrons. The van der Waals surface area contributed by atoms with Crippen LogP contribution in [0.2, 0.25) is 0 Å². The van der Waals surface area contributed by atoms with Crippen molar-refractivity contribution < 1.29 is 14.0 Å². The summed E-state index contributed by atoms with van der Waals surface area (Å²) in [6.07, 6.45) is 1.35. The lowest BCUT2D eigenvalue weighted by Crippen LogP contribution is -2.32. The monoisotopic (exact) mass is 408 g/mol. The molecule has 0 aliphatic carbocycles. The maximum Gasteiger partial charge on any atom is 0.253 e. The van der Waals surface area contributed by atoms with Crippen molar-refractivity contribution in [1.82, 2.24) is 20.2 Å². The van der Waals surface area contributed by atoms with Gasteiger partial charge in [-0.05, 0) is 42.8 Å². The highest BCUT2D eigenvalue weighted by Gasteiger charge is 2.10. The number of hydrogen-bond donors (Lipinski definition) is 2. The minimum Gasteiger partial charge on any atom is -0.350 e. The average molecular weight is 408 g/mol. The van der Waals surface area contributed by atoms with Crippen LogP contribution in [0.25, 0.3) is 0 Å². The van der Waals surface area contributed by atoms with E-state index >= 15 is 0 Å². The van der Waals surface area contributed by atoms with Crippen LogP contribution in [-0.4, -0.2) is 21.4 Å². The first-order chi connectivity index (χ1) is 14.4.